The molecule has 7 heteroatoms. The largest absolute Gasteiger partial charge is 0.461 e. The Balaban J connectivity index is 1.82. The van der Waals surface area contributed by atoms with E-state index in [1.54, 1.807) is 23.1 Å². The van der Waals surface area contributed by atoms with Crippen LogP contribution in [0.4, 0.5) is 0 Å². The molecule has 0 N–H and O–H groups in total. The third kappa shape index (κ3) is 2.84. The van der Waals surface area contributed by atoms with Crippen LogP contribution in [0.5, 0.6) is 0 Å². The van der Waals surface area contributed by atoms with Gasteiger partial charge < -0.3 is 4.74 Å². The Bertz CT molecular complexity index is 636. The van der Waals surface area contributed by atoms with Gasteiger partial charge in [0, 0.05) is 43.7 Å². The molecule has 0 aliphatic carbocycles. The highest BCUT2D eigenvalue weighted by Crippen LogP contribution is 2.24. The lowest BCUT2D eigenvalue weighted by molar-refractivity contribution is 0.0510. The Morgan fingerprint density at radius 1 is 1.52 bits per heavy atom. The molecule has 2 aromatic heterocycles. The molecule has 3 heterocycles. The molecule has 0 bridgehead atoms. The van der Waals surface area contributed by atoms with Gasteiger partial charge in [0.2, 0.25) is 0 Å². The van der Waals surface area contributed by atoms with Crippen molar-refractivity contribution < 1.29 is 9.53 Å². The fourth-order valence-electron chi connectivity index (χ4n) is 2.67. The molecule has 0 spiro atoms. The average molecular weight is 306 g/mol. The fraction of sp³-hybridized carbons (Fsp3) is 0.500. The minimum Gasteiger partial charge on any atom is -0.461 e. The minimum absolute atomic E-state index is 0.287. The summed E-state index contributed by atoms with van der Waals surface area (Å²) < 4.78 is 6.79. The van der Waals surface area contributed by atoms with Crippen molar-refractivity contribution >= 4 is 17.3 Å². The quantitative estimate of drug-likeness (QED) is 0.803. The molecule has 112 valence electrons. The van der Waals surface area contributed by atoms with Crippen molar-refractivity contribution in [3.8, 4) is 0 Å². The predicted octanol–water partition coefficient (Wildman–Crippen LogP) is 1.61. The molecule has 0 fully saturated rings. The van der Waals surface area contributed by atoms with Gasteiger partial charge in [-0.25, -0.2) is 9.78 Å². The topological polar surface area (TPSA) is 60.2 Å². The van der Waals surface area contributed by atoms with Crippen LogP contribution in [-0.2, 0) is 31.3 Å². The Hall–Kier alpha value is -1.73. The summed E-state index contributed by atoms with van der Waals surface area (Å²) in [6, 6.07) is 0. The van der Waals surface area contributed by atoms with Gasteiger partial charge in [-0.05, 0) is 6.92 Å². The highest BCUT2D eigenvalue weighted by molar-refractivity contribution is 7.09. The van der Waals surface area contributed by atoms with Crippen molar-refractivity contribution in [1.82, 2.24) is 19.7 Å². The summed E-state index contributed by atoms with van der Waals surface area (Å²) in [4.78, 5) is 18.7. The van der Waals surface area contributed by atoms with Crippen LogP contribution in [0.25, 0.3) is 0 Å². The van der Waals surface area contributed by atoms with E-state index in [9.17, 15) is 4.79 Å². The van der Waals surface area contributed by atoms with E-state index in [4.69, 9.17) is 4.74 Å². The van der Waals surface area contributed by atoms with Gasteiger partial charge in [-0.1, -0.05) is 0 Å². The van der Waals surface area contributed by atoms with Crippen molar-refractivity contribution in [1.29, 1.82) is 0 Å². The lowest BCUT2D eigenvalue weighted by atomic mass is 10.1. The van der Waals surface area contributed by atoms with Crippen molar-refractivity contribution in [2.24, 2.45) is 7.05 Å². The van der Waals surface area contributed by atoms with Crippen LogP contribution >= 0.6 is 11.3 Å². The van der Waals surface area contributed by atoms with Gasteiger partial charge in [0.1, 0.15) is 5.01 Å². The van der Waals surface area contributed by atoms with E-state index in [0.717, 1.165) is 42.3 Å². The van der Waals surface area contributed by atoms with E-state index < -0.39 is 0 Å². The zero-order chi connectivity index (χ0) is 14.8. The monoisotopic (exact) mass is 306 g/mol. The lowest BCUT2D eigenvalue weighted by Crippen LogP contribution is -2.30. The zero-order valence-corrected chi connectivity index (χ0v) is 13.0. The van der Waals surface area contributed by atoms with Crippen LogP contribution < -0.4 is 0 Å². The van der Waals surface area contributed by atoms with Gasteiger partial charge in [0.15, 0.2) is 5.69 Å². The summed E-state index contributed by atoms with van der Waals surface area (Å²) in [6.07, 6.45) is 2.68. The summed E-state index contributed by atoms with van der Waals surface area (Å²) in [5, 5.41) is 7.54. The highest BCUT2D eigenvalue weighted by atomic mass is 32.1. The second-order valence-corrected chi connectivity index (χ2v) is 5.98. The molecule has 2 aromatic rings. The van der Waals surface area contributed by atoms with Crippen molar-refractivity contribution in [3.05, 3.63) is 33.5 Å². The fourth-order valence-corrected chi connectivity index (χ4v) is 3.33. The van der Waals surface area contributed by atoms with Gasteiger partial charge in [-0.15, -0.1) is 11.3 Å². The Morgan fingerprint density at radius 2 is 2.38 bits per heavy atom. The normalized spacial score (nSPS) is 15.0. The Kier molecular flexibility index (Phi) is 4.03. The first-order valence-corrected chi connectivity index (χ1v) is 7.89. The highest BCUT2D eigenvalue weighted by Gasteiger charge is 2.28. The van der Waals surface area contributed by atoms with Crippen LogP contribution in [-0.4, -0.2) is 38.8 Å². The number of nitrogens with zero attached hydrogens (tertiary/aromatic N) is 4. The van der Waals surface area contributed by atoms with Gasteiger partial charge in [-0.2, -0.15) is 5.10 Å². The molecule has 1 aliphatic rings. The first-order valence-electron chi connectivity index (χ1n) is 7.01. The number of aryl methyl sites for hydroxylation is 1. The number of rotatable bonds is 4. The summed E-state index contributed by atoms with van der Waals surface area (Å²) in [5.41, 5.74) is 2.59. The Morgan fingerprint density at radius 3 is 3.10 bits per heavy atom. The zero-order valence-electron chi connectivity index (χ0n) is 12.2. The maximum atomic E-state index is 12.1. The molecular formula is C14H18N4O2S. The van der Waals surface area contributed by atoms with Crippen LogP contribution in [0.15, 0.2) is 11.6 Å². The summed E-state index contributed by atoms with van der Waals surface area (Å²) in [5.74, 6) is -0.287. The maximum absolute atomic E-state index is 12.1. The average Bonchev–Trinajstić information content (AvgIpc) is 3.05. The molecule has 3 rings (SSSR count). The number of fused-ring (bicyclic) bond motifs is 1. The lowest BCUT2D eigenvalue weighted by Gasteiger charge is -2.25. The number of carbonyl (C=O) groups is 1. The second kappa shape index (κ2) is 5.95. The molecule has 6 nitrogen and oxygen atoms in total. The first kappa shape index (κ1) is 14.2. The van der Waals surface area contributed by atoms with Gasteiger partial charge in [0.25, 0.3) is 0 Å². The number of hydrogen-bond donors (Lipinski definition) is 0. The molecular weight excluding hydrogens is 288 g/mol. The molecule has 0 aromatic carbocycles. The van der Waals surface area contributed by atoms with Crippen LogP contribution in [0.3, 0.4) is 0 Å². The smallest absolute Gasteiger partial charge is 0.356 e. The third-order valence-corrected chi connectivity index (χ3v) is 4.35. The van der Waals surface area contributed by atoms with E-state index in [-0.39, 0.29) is 5.97 Å². The molecule has 0 radical (unpaired) electrons. The minimum atomic E-state index is -0.287. The summed E-state index contributed by atoms with van der Waals surface area (Å²) in [6.45, 7) is 4.66. The van der Waals surface area contributed by atoms with Crippen molar-refractivity contribution in [2.45, 2.75) is 26.4 Å². The van der Waals surface area contributed by atoms with Crippen molar-refractivity contribution in [3.63, 3.8) is 0 Å². The number of aromatic nitrogens is 3. The first-order chi connectivity index (χ1) is 10.2. The maximum Gasteiger partial charge on any atom is 0.356 e. The molecule has 0 saturated carbocycles. The van der Waals surface area contributed by atoms with Crippen LogP contribution in [0, 0.1) is 0 Å². The molecule has 0 atom stereocenters. The molecule has 21 heavy (non-hydrogen) atoms. The van der Waals surface area contributed by atoms with Gasteiger partial charge in [-0.3, -0.25) is 9.58 Å². The van der Waals surface area contributed by atoms with E-state index >= 15 is 0 Å². The van der Waals surface area contributed by atoms with E-state index in [2.05, 4.69) is 15.0 Å². The van der Waals surface area contributed by atoms with Crippen molar-refractivity contribution in [2.75, 3.05) is 13.2 Å². The molecule has 0 unspecified atom stereocenters. The summed E-state index contributed by atoms with van der Waals surface area (Å²) in [7, 11) is 1.80. The van der Waals surface area contributed by atoms with E-state index in [1.807, 2.05) is 18.5 Å². The van der Waals surface area contributed by atoms with E-state index in [1.165, 1.54) is 0 Å². The van der Waals surface area contributed by atoms with Gasteiger partial charge in [0.05, 0.1) is 18.8 Å². The molecule has 0 amide bonds. The number of esters is 1. The standard InChI is InChI=1S/C14H18N4O2S/c1-3-20-14(19)13-10-8-18(9-12-15-5-7-21-12)6-4-11(10)16-17(13)2/h5,7H,3-4,6,8-9H2,1-2H3. The Labute approximate surface area is 127 Å². The second-order valence-electron chi connectivity index (χ2n) is 5.00. The number of hydrogen-bond acceptors (Lipinski definition) is 6. The number of carbonyl (C=O) groups excluding carboxylic acids is 1. The van der Waals surface area contributed by atoms with Gasteiger partial charge >= 0.3 is 5.97 Å². The van der Waals surface area contributed by atoms with Crippen LogP contribution in [0.1, 0.15) is 33.7 Å². The molecule has 0 saturated heterocycles. The van der Waals surface area contributed by atoms with Crippen LogP contribution in [0.2, 0.25) is 0 Å². The SMILES string of the molecule is CCOC(=O)c1c2c(nn1C)CCN(Cc1nccs1)C2. The van der Waals surface area contributed by atoms with E-state index in [0.29, 0.717) is 12.3 Å². The summed E-state index contributed by atoms with van der Waals surface area (Å²) >= 11 is 1.66. The number of thiazole rings is 1. The number of ether oxygens (including phenoxy) is 1. The third-order valence-electron chi connectivity index (χ3n) is 3.59. The predicted molar refractivity (Wildman–Crippen MR) is 79.1 cm³/mol. The molecule has 1 aliphatic heterocycles.